The molecule has 2 rings (SSSR count). The van der Waals surface area contributed by atoms with Crippen LogP contribution in [0, 0.1) is 5.82 Å². The summed E-state index contributed by atoms with van der Waals surface area (Å²) in [7, 11) is 0. The van der Waals surface area contributed by atoms with Crippen LogP contribution in [0.4, 0.5) is 4.39 Å². The first-order chi connectivity index (χ1) is 8.65. The van der Waals surface area contributed by atoms with Gasteiger partial charge >= 0.3 is 0 Å². The van der Waals surface area contributed by atoms with Crippen molar-refractivity contribution in [3.05, 3.63) is 45.7 Å². The third-order valence-corrected chi connectivity index (χ3v) is 4.09. The van der Waals surface area contributed by atoms with E-state index in [9.17, 15) is 9.50 Å². The Kier molecular flexibility index (Phi) is 4.95. The zero-order valence-corrected chi connectivity index (χ0v) is 11.9. The smallest absolute Gasteiger partial charge is 0.124 e. The van der Waals surface area contributed by atoms with Gasteiger partial charge in [0.15, 0.2) is 0 Å². The molecule has 0 fully saturated rings. The van der Waals surface area contributed by atoms with Gasteiger partial charge in [0.2, 0.25) is 0 Å². The Labute approximate surface area is 116 Å². The molecule has 0 bridgehead atoms. The van der Waals surface area contributed by atoms with Crippen LogP contribution in [0.5, 0.6) is 0 Å². The summed E-state index contributed by atoms with van der Waals surface area (Å²) >= 11 is 3.34. The monoisotopic (exact) mass is 312 g/mol. The van der Waals surface area contributed by atoms with E-state index in [1.807, 2.05) is 0 Å². The van der Waals surface area contributed by atoms with Crippen LogP contribution in [0.2, 0.25) is 0 Å². The van der Waals surface area contributed by atoms with E-state index >= 15 is 0 Å². The Morgan fingerprint density at radius 1 is 1.28 bits per heavy atom. The summed E-state index contributed by atoms with van der Waals surface area (Å²) in [4.78, 5) is 0. The number of allylic oxidation sites excluding steroid dienone is 1. The van der Waals surface area contributed by atoms with Crippen LogP contribution in [0.25, 0.3) is 0 Å². The zero-order chi connectivity index (χ0) is 13.0. The second kappa shape index (κ2) is 6.48. The lowest BCUT2D eigenvalue weighted by molar-refractivity contribution is 0.173. The normalized spacial score (nSPS) is 17.4. The van der Waals surface area contributed by atoms with Crippen LogP contribution in [0.15, 0.2) is 34.3 Å². The molecule has 0 amide bonds. The molecule has 1 atom stereocenters. The number of aliphatic hydroxyl groups is 1. The molecular weight excluding hydrogens is 295 g/mol. The third kappa shape index (κ3) is 3.92. The van der Waals surface area contributed by atoms with Crippen molar-refractivity contribution in [3.63, 3.8) is 0 Å². The molecule has 3 heteroatoms. The second-order valence-corrected chi connectivity index (χ2v) is 5.76. The molecule has 0 aliphatic heterocycles. The van der Waals surface area contributed by atoms with Crippen molar-refractivity contribution in [2.75, 3.05) is 0 Å². The van der Waals surface area contributed by atoms with Crippen molar-refractivity contribution in [1.82, 2.24) is 0 Å². The van der Waals surface area contributed by atoms with E-state index in [1.165, 1.54) is 30.5 Å². The van der Waals surface area contributed by atoms with E-state index in [-0.39, 0.29) is 11.9 Å². The highest BCUT2D eigenvalue weighted by Gasteiger charge is 2.12. The lowest BCUT2D eigenvalue weighted by Crippen LogP contribution is -2.13. The standard InChI is InChI=1S/C15H18BrFO/c16-15-10-13(17)7-6-12(15)9-14(18)8-11-4-2-1-3-5-11/h4,6-7,10,14,18H,1-3,5,8-9H2. The van der Waals surface area contributed by atoms with Gasteiger partial charge in [-0.05, 0) is 56.2 Å². The molecule has 1 N–H and O–H groups in total. The quantitative estimate of drug-likeness (QED) is 0.818. The number of halogens is 2. The lowest BCUT2D eigenvalue weighted by Gasteiger charge is -2.17. The summed E-state index contributed by atoms with van der Waals surface area (Å²) in [6.07, 6.45) is 7.94. The van der Waals surface area contributed by atoms with Crippen molar-refractivity contribution in [3.8, 4) is 0 Å². The SMILES string of the molecule is OC(CC1=CCCCC1)Cc1ccc(F)cc1Br. The predicted molar refractivity (Wildman–Crippen MR) is 75.0 cm³/mol. The largest absolute Gasteiger partial charge is 0.392 e. The van der Waals surface area contributed by atoms with Gasteiger partial charge in [-0.2, -0.15) is 0 Å². The van der Waals surface area contributed by atoms with Crippen molar-refractivity contribution in [2.24, 2.45) is 0 Å². The fourth-order valence-corrected chi connectivity index (χ4v) is 2.92. The molecule has 1 aromatic carbocycles. The van der Waals surface area contributed by atoms with Gasteiger partial charge in [0.25, 0.3) is 0 Å². The molecule has 1 unspecified atom stereocenters. The molecule has 18 heavy (non-hydrogen) atoms. The minimum atomic E-state index is -0.379. The van der Waals surface area contributed by atoms with Crippen LogP contribution < -0.4 is 0 Å². The van der Waals surface area contributed by atoms with Gasteiger partial charge in [0.1, 0.15) is 5.82 Å². The van der Waals surface area contributed by atoms with E-state index in [0.717, 1.165) is 29.3 Å². The molecule has 98 valence electrons. The van der Waals surface area contributed by atoms with E-state index in [0.29, 0.717) is 6.42 Å². The molecule has 0 radical (unpaired) electrons. The summed E-state index contributed by atoms with van der Waals surface area (Å²) in [5, 5.41) is 10.1. The first-order valence-electron chi connectivity index (χ1n) is 6.45. The lowest BCUT2D eigenvalue weighted by atomic mass is 9.93. The Balaban J connectivity index is 1.94. The highest BCUT2D eigenvalue weighted by Crippen LogP contribution is 2.24. The zero-order valence-electron chi connectivity index (χ0n) is 10.3. The fourth-order valence-electron chi connectivity index (χ4n) is 2.41. The summed E-state index contributed by atoms with van der Waals surface area (Å²) in [6, 6.07) is 4.62. The Morgan fingerprint density at radius 3 is 2.78 bits per heavy atom. The van der Waals surface area contributed by atoms with Gasteiger partial charge < -0.3 is 5.11 Å². The van der Waals surface area contributed by atoms with Crippen molar-refractivity contribution >= 4 is 15.9 Å². The number of hydrogen-bond donors (Lipinski definition) is 1. The van der Waals surface area contributed by atoms with E-state index in [2.05, 4.69) is 22.0 Å². The highest BCUT2D eigenvalue weighted by molar-refractivity contribution is 9.10. The Bertz CT molecular complexity index is 442. The van der Waals surface area contributed by atoms with Gasteiger partial charge in [-0.25, -0.2) is 4.39 Å². The number of rotatable bonds is 4. The molecular formula is C15H18BrFO. The molecule has 1 aliphatic rings. The maximum atomic E-state index is 13.0. The third-order valence-electron chi connectivity index (χ3n) is 3.35. The van der Waals surface area contributed by atoms with Crippen LogP contribution in [-0.2, 0) is 6.42 Å². The minimum Gasteiger partial charge on any atom is -0.392 e. The predicted octanol–water partition coefficient (Wildman–Crippen LogP) is 4.38. The fraction of sp³-hybridized carbons (Fsp3) is 0.467. The van der Waals surface area contributed by atoms with E-state index < -0.39 is 0 Å². The second-order valence-electron chi connectivity index (χ2n) is 4.91. The molecule has 0 spiro atoms. The molecule has 0 aromatic heterocycles. The first kappa shape index (κ1) is 13.8. The van der Waals surface area contributed by atoms with Crippen molar-refractivity contribution in [1.29, 1.82) is 0 Å². The summed E-state index contributed by atoms with van der Waals surface area (Å²) in [5.41, 5.74) is 2.33. The highest BCUT2D eigenvalue weighted by atomic mass is 79.9. The maximum absolute atomic E-state index is 13.0. The average Bonchev–Trinajstić information content (AvgIpc) is 2.34. The van der Waals surface area contributed by atoms with Crippen LogP contribution in [0.3, 0.4) is 0 Å². The van der Waals surface area contributed by atoms with Gasteiger partial charge in [0, 0.05) is 4.47 Å². The Hall–Kier alpha value is -0.670. The minimum absolute atomic E-state index is 0.255. The van der Waals surface area contributed by atoms with E-state index in [1.54, 1.807) is 6.07 Å². The molecule has 1 aromatic rings. The summed E-state index contributed by atoms with van der Waals surface area (Å²) < 4.78 is 13.7. The van der Waals surface area contributed by atoms with Crippen molar-refractivity contribution < 1.29 is 9.50 Å². The van der Waals surface area contributed by atoms with Gasteiger partial charge in [-0.1, -0.05) is 33.6 Å². The molecule has 0 saturated carbocycles. The summed E-state index contributed by atoms with van der Waals surface area (Å²) in [5.74, 6) is -0.255. The molecule has 1 aliphatic carbocycles. The Morgan fingerprint density at radius 2 is 2.11 bits per heavy atom. The maximum Gasteiger partial charge on any atom is 0.124 e. The van der Waals surface area contributed by atoms with Crippen LogP contribution in [0.1, 0.15) is 37.7 Å². The van der Waals surface area contributed by atoms with Gasteiger partial charge in [0.05, 0.1) is 6.10 Å². The first-order valence-corrected chi connectivity index (χ1v) is 7.24. The molecule has 1 nitrogen and oxygen atoms in total. The van der Waals surface area contributed by atoms with Crippen LogP contribution >= 0.6 is 15.9 Å². The average molecular weight is 313 g/mol. The topological polar surface area (TPSA) is 20.2 Å². The van der Waals surface area contributed by atoms with Crippen molar-refractivity contribution in [2.45, 2.75) is 44.6 Å². The summed E-state index contributed by atoms with van der Waals surface area (Å²) in [6.45, 7) is 0. The number of hydrogen-bond acceptors (Lipinski definition) is 1. The molecule has 0 heterocycles. The van der Waals surface area contributed by atoms with Gasteiger partial charge in [-0.3, -0.25) is 0 Å². The van der Waals surface area contributed by atoms with E-state index in [4.69, 9.17) is 0 Å². The van der Waals surface area contributed by atoms with Crippen LogP contribution in [-0.4, -0.2) is 11.2 Å². The van der Waals surface area contributed by atoms with Gasteiger partial charge in [-0.15, -0.1) is 0 Å². The number of aliphatic hydroxyl groups excluding tert-OH is 1. The molecule has 0 saturated heterocycles. The number of benzene rings is 1.